The topological polar surface area (TPSA) is 41.1 Å². The van der Waals surface area contributed by atoms with Crippen molar-refractivity contribution in [3.63, 3.8) is 0 Å². The van der Waals surface area contributed by atoms with Gasteiger partial charge in [-0.1, -0.05) is 36.4 Å². The largest absolute Gasteiger partial charge is 0.362 e. The van der Waals surface area contributed by atoms with Crippen LogP contribution in [0, 0.1) is 0 Å². The van der Waals surface area contributed by atoms with Crippen LogP contribution in [0.2, 0.25) is 0 Å². The molecule has 0 aliphatic carbocycles. The summed E-state index contributed by atoms with van der Waals surface area (Å²) in [6.45, 7) is 1.54. The van der Waals surface area contributed by atoms with Gasteiger partial charge in [0.1, 0.15) is 10.8 Å². The maximum Gasteiger partial charge on any atom is 0.132 e. The zero-order valence-corrected chi connectivity index (χ0v) is 14.2. The Bertz CT molecular complexity index is 752. The molecule has 2 aromatic heterocycles. The van der Waals surface area contributed by atoms with Crippen LogP contribution in [0.15, 0.2) is 54.0 Å². The highest BCUT2D eigenvalue weighted by atomic mass is 32.1. The molecule has 1 aromatic carbocycles. The van der Waals surface area contributed by atoms with Gasteiger partial charge >= 0.3 is 0 Å². The van der Waals surface area contributed by atoms with Gasteiger partial charge < -0.3 is 10.2 Å². The first-order valence-corrected chi connectivity index (χ1v) is 8.44. The number of nitrogens with zero attached hydrogens (tertiary/aromatic N) is 3. The van der Waals surface area contributed by atoms with Crippen LogP contribution in [0.3, 0.4) is 0 Å². The third kappa shape index (κ3) is 3.94. The molecule has 23 heavy (non-hydrogen) atoms. The number of aromatic nitrogens is 2. The van der Waals surface area contributed by atoms with Gasteiger partial charge in [0.05, 0.1) is 5.69 Å². The number of benzene rings is 1. The lowest BCUT2D eigenvalue weighted by molar-refractivity contribution is 0.687. The molecule has 2 heterocycles. The van der Waals surface area contributed by atoms with Crippen LogP contribution >= 0.6 is 11.3 Å². The second kappa shape index (κ2) is 7.35. The smallest absolute Gasteiger partial charge is 0.132 e. The first-order valence-electron chi connectivity index (χ1n) is 7.56. The molecule has 0 unspecified atom stereocenters. The summed E-state index contributed by atoms with van der Waals surface area (Å²) in [5, 5.41) is 6.67. The predicted octanol–water partition coefficient (Wildman–Crippen LogP) is 3.56. The number of thiazole rings is 1. The second-order valence-corrected chi connectivity index (χ2v) is 6.42. The maximum atomic E-state index is 4.70. The first-order chi connectivity index (χ1) is 11.2. The van der Waals surface area contributed by atoms with Gasteiger partial charge in [-0.25, -0.2) is 9.97 Å². The summed E-state index contributed by atoms with van der Waals surface area (Å²) in [6.07, 6.45) is 1.83. The van der Waals surface area contributed by atoms with E-state index in [1.165, 1.54) is 5.56 Å². The van der Waals surface area contributed by atoms with Crippen molar-refractivity contribution in [2.24, 2.45) is 0 Å². The summed E-state index contributed by atoms with van der Waals surface area (Å²) >= 11 is 1.69. The van der Waals surface area contributed by atoms with Crippen molar-refractivity contribution in [2.45, 2.75) is 13.1 Å². The quantitative estimate of drug-likeness (QED) is 0.753. The number of rotatable bonds is 6. The van der Waals surface area contributed by atoms with Crippen molar-refractivity contribution < 1.29 is 0 Å². The second-order valence-electron chi connectivity index (χ2n) is 5.48. The molecular weight excluding hydrogens is 304 g/mol. The summed E-state index contributed by atoms with van der Waals surface area (Å²) in [7, 11) is 4.03. The summed E-state index contributed by atoms with van der Waals surface area (Å²) in [6, 6.07) is 14.4. The third-order valence-corrected chi connectivity index (χ3v) is 4.35. The highest BCUT2D eigenvalue weighted by Crippen LogP contribution is 2.21. The van der Waals surface area contributed by atoms with E-state index in [9.17, 15) is 0 Å². The van der Waals surface area contributed by atoms with Crippen LogP contribution in [0.1, 0.15) is 10.6 Å². The SMILES string of the molecule is CN(C)c1ncccc1CNCc1nc(-c2ccccc2)cs1. The molecule has 118 valence electrons. The standard InChI is InChI=1S/C18H20N4S/c1-22(2)18-15(9-6-10-20-18)11-19-12-17-21-16(13-23-17)14-7-4-3-5-8-14/h3-10,13,19H,11-12H2,1-2H3. The Kier molecular flexibility index (Phi) is 5.00. The molecule has 0 spiro atoms. The molecule has 0 bridgehead atoms. The monoisotopic (exact) mass is 324 g/mol. The summed E-state index contributed by atoms with van der Waals surface area (Å²) in [4.78, 5) is 11.2. The Morgan fingerprint density at radius 2 is 1.87 bits per heavy atom. The van der Waals surface area contributed by atoms with E-state index in [0.29, 0.717) is 0 Å². The van der Waals surface area contributed by atoms with Crippen LogP contribution in [0.25, 0.3) is 11.3 Å². The van der Waals surface area contributed by atoms with E-state index in [0.717, 1.165) is 35.2 Å². The molecule has 0 amide bonds. The van der Waals surface area contributed by atoms with Gasteiger partial charge in [-0.3, -0.25) is 0 Å². The van der Waals surface area contributed by atoms with Crippen LogP contribution in [0.4, 0.5) is 5.82 Å². The fourth-order valence-corrected chi connectivity index (χ4v) is 3.18. The van der Waals surface area contributed by atoms with Crippen LogP contribution in [-0.4, -0.2) is 24.1 Å². The van der Waals surface area contributed by atoms with Gasteiger partial charge in [-0.05, 0) is 6.07 Å². The molecule has 0 saturated heterocycles. The highest BCUT2D eigenvalue weighted by Gasteiger charge is 2.07. The van der Waals surface area contributed by atoms with Gasteiger partial charge in [-0.2, -0.15) is 0 Å². The number of anilines is 1. The lowest BCUT2D eigenvalue weighted by atomic mass is 10.2. The first kappa shape index (κ1) is 15.6. The zero-order chi connectivity index (χ0) is 16.1. The van der Waals surface area contributed by atoms with Crippen molar-refractivity contribution in [2.75, 3.05) is 19.0 Å². The van der Waals surface area contributed by atoms with E-state index >= 15 is 0 Å². The Hall–Kier alpha value is -2.24. The van der Waals surface area contributed by atoms with E-state index in [2.05, 4.69) is 33.9 Å². The molecule has 4 nitrogen and oxygen atoms in total. The van der Waals surface area contributed by atoms with Crippen molar-refractivity contribution in [3.8, 4) is 11.3 Å². The number of pyridine rings is 1. The van der Waals surface area contributed by atoms with Gasteiger partial charge in [0, 0.05) is 49.9 Å². The minimum atomic E-state index is 0.763. The Morgan fingerprint density at radius 1 is 1.04 bits per heavy atom. The highest BCUT2D eigenvalue weighted by molar-refractivity contribution is 7.09. The van der Waals surface area contributed by atoms with Gasteiger partial charge in [-0.15, -0.1) is 11.3 Å². The van der Waals surface area contributed by atoms with Crippen molar-refractivity contribution in [3.05, 3.63) is 64.6 Å². The van der Waals surface area contributed by atoms with Crippen LogP contribution < -0.4 is 10.2 Å². The predicted molar refractivity (Wildman–Crippen MR) is 96.7 cm³/mol. The van der Waals surface area contributed by atoms with Crippen molar-refractivity contribution in [1.82, 2.24) is 15.3 Å². The van der Waals surface area contributed by atoms with Gasteiger partial charge in [0.15, 0.2) is 0 Å². The van der Waals surface area contributed by atoms with Gasteiger partial charge in [0.2, 0.25) is 0 Å². The van der Waals surface area contributed by atoms with Crippen LogP contribution in [0.5, 0.6) is 0 Å². The zero-order valence-electron chi connectivity index (χ0n) is 13.4. The summed E-state index contributed by atoms with van der Waals surface area (Å²) < 4.78 is 0. The van der Waals surface area contributed by atoms with Gasteiger partial charge in [0.25, 0.3) is 0 Å². The average molecular weight is 324 g/mol. The fourth-order valence-electron chi connectivity index (χ4n) is 2.41. The van der Waals surface area contributed by atoms with Crippen LogP contribution in [-0.2, 0) is 13.1 Å². The molecule has 5 heteroatoms. The fraction of sp³-hybridized carbons (Fsp3) is 0.222. The Morgan fingerprint density at radius 3 is 2.65 bits per heavy atom. The molecule has 1 N–H and O–H groups in total. The lowest BCUT2D eigenvalue weighted by Crippen LogP contribution is -2.18. The van der Waals surface area contributed by atoms with E-state index in [1.807, 2.05) is 49.5 Å². The van der Waals surface area contributed by atoms with E-state index in [-0.39, 0.29) is 0 Å². The third-order valence-electron chi connectivity index (χ3n) is 3.50. The molecule has 0 aliphatic heterocycles. The lowest BCUT2D eigenvalue weighted by Gasteiger charge is -2.15. The molecule has 0 aliphatic rings. The van der Waals surface area contributed by atoms with E-state index in [4.69, 9.17) is 4.98 Å². The Labute approximate surface area is 140 Å². The molecule has 0 atom stereocenters. The maximum absolute atomic E-state index is 4.70. The minimum Gasteiger partial charge on any atom is -0.362 e. The summed E-state index contributed by atoms with van der Waals surface area (Å²) in [5.74, 6) is 1.00. The minimum absolute atomic E-state index is 0.763. The normalized spacial score (nSPS) is 10.7. The van der Waals surface area contributed by atoms with Crippen molar-refractivity contribution >= 4 is 17.2 Å². The average Bonchev–Trinajstić information content (AvgIpc) is 3.05. The number of hydrogen-bond acceptors (Lipinski definition) is 5. The molecule has 0 fully saturated rings. The molecule has 3 aromatic rings. The number of nitrogens with one attached hydrogen (secondary N) is 1. The molecule has 0 radical (unpaired) electrons. The molecule has 3 rings (SSSR count). The summed E-state index contributed by atoms with van der Waals surface area (Å²) in [5.41, 5.74) is 3.40. The molecular formula is C18H20N4S. The number of hydrogen-bond donors (Lipinski definition) is 1. The van der Waals surface area contributed by atoms with E-state index < -0.39 is 0 Å². The molecule has 0 saturated carbocycles. The van der Waals surface area contributed by atoms with Crippen molar-refractivity contribution in [1.29, 1.82) is 0 Å². The van der Waals surface area contributed by atoms with E-state index in [1.54, 1.807) is 11.3 Å². The Balaban J connectivity index is 1.61.